The summed E-state index contributed by atoms with van der Waals surface area (Å²) in [5, 5.41) is 395. The second-order valence-corrected chi connectivity index (χ2v) is 35.9. The van der Waals surface area contributed by atoms with E-state index in [9.17, 15) is 193 Å². The first-order valence-electron chi connectivity index (χ1n) is 45.2. The summed E-state index contributed by atoms with van der Waals surface area (Å²) in [4.78, 5) is 38.5. The first-order chi connectivity index (χ1) is 67.2. The minimum Gasteiger partial charge on any atom is -0.394 e. The van der Waals surface area contributed by atoms with Crippen LogP contribution in [0.25, 0.3) is 0 Å². The van der Waals surface area contributed by atoms with Crippen molar-refractivity contribution in [3.8, 4) is 0 Å². The van der Waals surface area contributed by atoms with Crippen molar-refractivity contribution >= 4 is 17.7 Å². The lowest BCUT2D eigenvalue weighted by Crippen LogP contribution is -2.70. The van der Waals surface area contributed by atoms with Crippen molar-refractivity contribution in [2.75, 3.05) is 79.3 Å². The molecular weight excluding hydrogens is 1950 g/mol. The number of hydrogen-bond donors (Lipinski definition) is 38. The summed E-state index contributed by atoms with van der Waals surface area (Å²) in [5.41, 5.74) is 0. The highest BCUT2D eigenvalue weighted by Crippen LogP contribution is 2.42. The molecule has 0 aromatic rings. The van der Waals surface area contributed by atoms with Gasteiger partial charge in [0.05, 0.1) is 79.3 Å². The number of nitrogens with one attached hydrogen (secondary N) is 3. The van der Waals surface area contributed by atoms with Crippen LogP contribution in [-0.4, -0.2) is 644 Å². The molecule has 0 spiro atoms. The fourth-order valence-corrected chi connectivity index (χ4v) is 18.3. The molecule has 38 N–H and O–H groups in total. The number of ether oxygens (including phenoxy) is 23. The van der Waals surface area contributed by atoms with E-state index in [0.29, 0.717) is 0 Å². The lowest BCUT2D eigenvalue weighted by Gasteiger charge is -2.50. The van der Waals surface area contributed by atoms with Crippen LogP contribution in [0.2, 0.25) is 0 Å². The molecule has 0 radical (unpaired) electrons. The molecule has 3 amide bonds. The predicted molar refractivity (Wildman–Crippen MR) is 430 cm³/mol. The van der Waals surface area contributed by atoms with Crippen molar-refractivity contribution in [1.29, 1.82) is 0 Å². The summed E-state index contributed by atoms with van der Waals surface area (Å²) < 4.78 is 134. The van der Waals surface area contributed by atoms with Crippen molar-refractivity contribution in [1.82, 2.24) is 16.0 Å². The van der Waals surface area contributed by atoms with Crippen LogP contribution in [0.15, 0.2) is 0 Å². The minimum atomic E-state index is -2.50. The molecule has 12 aliphatic heterocycles. The SMILES string of the molecule is CC(=O)NC1C(O)OC(COC2OC(CO)C(OC3OC(CO)C(O)C(OC4OC(COC5OC(CO)C(OC6OC(CO)C(O)C(OC7OC(COC8OC(CO)C(OC9OC(CO)C(O)C(O)C9O)C(O)C8O)C(OC8OC(CO)C(O)C(O)C8O)C(O)C7NC(C)=O)C6O)C(O)C5O)C(OC5OC(CO)C(O)C(O)C5O)C(O)C4NC(C)=O)C3O)C(O)C2O)C(OC2OC(CO)C(O)C(O)C2O)C1O. The lowest BCUT2D eigenvalue weighted by atomic mass is 9.94. The lowest BCUT2D eigenvalue weighted by molar-refractivity contribution is -0.390. The summed E-state index contributed by atoms with van der Waals surface area (Å²) in [6, 6.07) is -5.82. The number of carbonyl (C=O) groups is 3. The molecule has 12 fully saturated rings. The Labute approximate surface area is 801 Å². The van der Waals surface area contributed by atoms with E-state index in [1.54, 1.807) is 0 Å². The molecule has 12 saturated heterocycles. The average Bonchev–Trinajstić information content (AvgIpc) is 0.780. The van der Waals surface area contributed by atoms with Gasteiger partial charge in [0.25, 0.3) is 0 Å². The third-order valence-corrected chi connectivity index (χ3v) is 26.3. The Morgan fingerprint density at radius 2 is 0.366 bits per heavy atom. The standard InChI is InChI=1S/C78H131N3O61/c1-16(91)79-31-40(100)62(138-74-51(111)44(104)35(95)20(5-83)125-74)28(123-67(31)119)13-120-70-55(115)48(108)60(26(11-89)131-70)136-77-57(117)65(38(98)23(8-86)128-77)141-69-33(81-18(3)93)42(102)64(140-76-53(113)46(106)37(97)22(7-85)127-76)30(134-69)15-122-72-56(116)49(109)61(27(12-90)132-72)137-78-58(118)66(39(99)24(9-87)129-78)142-68-32(80-17(2)92)41(101)63(139-75-52(112)45(105)36(96)21(6-84)126-75)29(133-68)14-121-71-54(114)47(107)59(25(10-88)130-71)135-73-50(110)43(103)34(94)19(4-82)124-73/h19-78,82-90,94-119H,4-15H2,1-3H3,(H,79,91)(H,80,92)(H,81,93). The Hall–Kier alpha value is -3.91. The summed E-state index contributed by atoms with van der Waals surface area (Å²) in [7, 11) is 0. The Morgan fingerprint density at radius 1 is 0.183 bits per heavy atom. The maximum atomic E-state index is 13.2. The van der Waals surface area contributed by atoms with E-state index in [1.165, 1.54) is 0 Å². The maximum Gasteiger partial charge on any atom is 0.217 e. The van der Waals surface area contributed by atoms with Crippen molar-refractivity contribution in [3.63, 3.8) is 0 Å². The van der Waals surface area contributed by atoms with Gasteiger partial charge in [-0.15, -0.1) is 0 Å². The highest BCUT2D eigenvalue weighted by atomic mass is 16.8. The second-order valence-electron chi connectivity index (χ2n) is 35.9. The number of carbonyl (C=O) groups excluding carboxylic acids is 3. The molecule has 12 heterocycles. The van der Waals surface area contributed by atoms with Crippen LogP contribution in [0.1, 0.15) is 20.8 Å². The molecule has 64 nitrogen and oxygen atoms in total. The molecule has 0 aliphatic carbocycles. The van der Waals surface area contributed by atoms with Crippen molar-refractivity contribution < 1.29 is 302 Å². The second kappa shape index (κ2) is 51.0. The highest BCUT2D eigenvalue weighted by Gasteiger charge is 2.63. The van der Waals surface area contributed by atoms with E-state index in [4.69, 9.17) is 109 Å². The zero-order valence-corrected chi connectivity index (χ0v) is 75.4. The smallest absolute Gasteiger partial charge is 0.217 e. The summed E-state index contributed by atoms with van der Waals surface area (Å²) in [6.45, 7) is -10.5. The number of amides is 3. The Balaban J connectivity index is 0.755. The van der Waals surface area contributed by atoms with Gasteiger partial charge in [-0.1, -0.05) is 0 Å². The molecule has 12 rings (SSSR count). The van der Waals surface area contributed by atoms with E-state index in [0.717, 1.165) is 20.8 Å². The molecule has 824 valence electrons. The van der Waals surface area contributed by atoms with E-state index < -0.39 is 465 Å². The first-order valence-corrected chi connectivity index (χ1v) is 45.2. The highest BCUT2D eigenvalue weighted by molar-refractivity contribution is 5.74. The van der Waals surface area contributed by atoms with Gasteiger partial charge in [-0.2, -0.15) is 0 Å². The Morgan fingerprint density at radius 3 is 0.606 bits per heavy atom. The minimum absolute atomic E-state index is 0.814. The molecule has 142 heavy (non-hydrogen) atoms. The van der Waals surface area contributed by atoms with Gasteiger partial charge in [0.15, 0.2) is 75.5 Å². The Bertz CT molecular complexity index is 3850. The fraction of sp³-hybridized carbons (Fsp3) is 0.962. The molecule has 0 aromatic carbocycles. The quantitative estimate of drug-likeness (QED) is 0.0275. The summed E-state index contributed by atoms with van der Waals surface area (Å²) in [5.74, 6) is -2.86. The van der Waals surface area contributed by atoms with Crippen molar-refractivity contribution in [2.24, 2.45) is 0 Å². The van der Waals surface area contributed by atoms with E-state index in [-0.39, 0.29) is 0 Å². The zero-order valence-electron chi connectivity index (χ0n) is 75.4. The normalized spacial score (nSPS) is 51.0. The van der Waals surface area contributed by atoms with Gasteiger partial charge in [-0.25, -0.2) is 0 Å². The van der Waals surface area contributed by atoms with Crippen LogP contribution in [-0.2, 0) is 123 Å². The van der Waals surface area contributed by atoms with Crippen LogP contribution in [0.5, 0.6) is 0 Å². The van der Waals surface area contributed by atoms with Crippen molar-refractivity contribution in [2.45, 2.75) is 389 Å². The van der Waals surface area contributed by atoms with Crippen molar-refractivity contribution in [3.05, 3.63) is 0 Å². The van der Waals surface area contributed by atoms with Gasteiger partial charge in [0.2, 0.25) is 17.7 Å². The third kappa shape index (κ3) is 25.3. The van der Waals surface area contributed by atoms with Gasteiger partial charge >= 0.3 is 0 Å². The summed E-state index contributed by atoms with van der Waals surface area (Å²) in [6.07, 6.45) is -121. The average molecular weight is 2090 g/mol. The molecule has 12 aliphatic rings. The molecule has 0 saturated carbocycles. The molecule has 60 unspecified atom stereocenters. The fourth-order valence-electron chi connectivity index (χ4n) is 18.3. The van der Waals surface area contributed by atoms with E-state index in [2.05, 4.69) is 16.0 Å². The number of hydrogen-bond acceptors (Lipinski definition) is 61. The van der Waals surface area contributed by atoms with Crippen LogP contribution >= 0.6 is 0 Å². The zero-order chi connectivity index (χ0) is 104. The largest absolute Gasteiger partial charge is 0.394 e. The van der Waals surface area contributed by atoms with Gasteiger partial charge in [0, 0.05) is 20.8 Å². The van der Waals surface area contributed by atoms with Gasteiger partial charge in [-0.05, 0) is 0 Å². The monoisotopic (exact) mass is 2090 g/mol. The van der Waals surface area contributed by atoms with Crippen LogP contribution in [0.4, 0.5) is 0 Å². The van der Waals surface area contributed by atoms with E-state index >= 15 is 0 Å². The van der Waals surface area contributed by atoms with E-state index in [1.807, 2.05) is 0 Å². The van der Waals surface area contributed by atoms with Gasteiger partial charge in [-0.3, -0.25) is 14.4 Å². The first kappa shape index (κ1) is 117. The molecule has 64 heteroatoms. The van der Waals surface area contributed by atoms with Crippen LogP contribution in [0, 0.1) is 0 Å². The topological polar surface area (TPSA) is 1010 Å². The molecule has 60 atom stereocenters. The van der Waals surface area contributed by atoms with Crippen LogP contribution < -0.4 is 16.0 Å². The third-order valence-electron chi connectivity index (χ3n) is 26.3. The molecule has 0 aromatic heterocycles. The van der Waals surface area contributed by atoms with Gasteiger partial charge in [0.1, 0.15) is 293 Å². The molecular formula is C78H131N3O61. The predicted octanol–water partition coefficient (Wildman–Crippen LogP) is -26.7. The van der Waals surface area contributed by atoms with Gasteiger partial charge < -0.3 is 304 Å². The van der Waals surface area contributed by atoms with Crippen LogP contribution in [0.3, 0.4) is 0 Å². The summed E-state index contributed by atoms with van der Waals surface area (Å²) >= 11 is 0. The number of rotatable bonds is 37. The molecule has 0 bridgehead atoms. The number of aliphatic hydroxyl groups is 35. The number of aliphatic hydroxyl groups excluding tert-OH is 35. The Kier molecular flexibility index (Phi) is 41.9. The maximum absolute atomic E-state index is 13.2.